The summed E-state index contributed by atoms with van der Waals surface area (Å²) < 4.78 is 5.04. The van der Waals surface area contributed by atoms with E-state index in [1.807, 2.05) is 17.1 Å². The van der Waals surface area contributed by atoms with Gasteiger partial charge >= 0.3 is 5.97 Å². The summed E-state index contributed by atoms with van der Waals surface area (Å²) in [5.74, 6) is -2.06. The first-order chi connectivity index (χ1) is 13.1. The number of carbonyl (C=O) groups excluding carboxylic acids is 3. The van der Waals surface area contributed by atoms with Gasteiger partial charge in [0.15, 0.2) is 5.41 Å². The minimum atomic E-state index is -1.46. The van der Waals surface area contributed by atoms with E-state index in [9.17, 15) is 14.4 Å². The van der Waals surface area contributed by atoms with Gasteiger partial charge in [-0.15, -0.1) is 0 Å². The molecule has 3 unspecified atom stereocenters. The number of hydrogen-bond donors (Lipinski definition) is 2. The van der Waals surface area contributed by atoms with Gasteiger partial charge in [0.05, 0.1) is 7.11 Å². The fraction of sp³-hybridized carbons (Fsp3) is 0.579. The van der Waals surface area contributed by atoms with Crippen LogP contribution in [0, 0.1) is 5.41 Å². The van der Waals surface area contributed by atoms with Crippen LogP contribution in [0.2, 0.25) is 0 Å². The molecule has 0 aromatic carbocycles. The summed E-state index contributed by atoms with van der Waals surface area (Å²) in [6.07, 6.45) is 5.05. The van der Waals surface area contributed by atoms with Crippen molar-refractivity contribution in [2.75, 3.05) is 33.3 Å². The highest BCUT2D eigenvalue weighted by Crippen LogP contribution is 2.60. The van der Waals surface area contributed by atoms with Crippen LogP contribution in [0.25, 0.3) is 0 Å². The number of esters is 1. The van der Waals surface area contributed by atoms with Crippen molar-refractivity contribution in [2.24, 2.45) is 5.41 Å². The molecular weight excluding hydrogens is 348 g/mol. The number of hydrogen-bond acceptors (Lipinski definition) is 8. The fourth-order valence-electron chi connectivity index (χ4n) is 5.03. The molecule has 0 amide bonds. The zero-order valence-corrected chi connectivity index (χ0v) is 15.4. The highest BCUT2D eigenvalue weighted by atomic mass is 16.5. The molecule has 3 aliphatic rings. The van der Waals surface area contributed by atoms with Gasteiger partial charge in [0.2, 0.25) is 11.6 Å². The van der Waals surface area contributed by atoms with Crippen LogP contribution in [-0.2, 0) is 19.1 Å². The number of rotatable bonds is 4. The van der Waals surface area contributed by atoms with Gasteiger partial charge in [0, 0.05) is 44.5 Å². The van der Waals surface area contributed by atoms with Crippen LogP contribution in [0.15, 0.2) is 24.5 Å². The Bertz CT molecular complexity index is 764. The predicted octanol–water partition coefficient (Wildman–Crippen LogP) is -0.191. The minimum absolute atomic E-state index is 0.298. The van der Waals surface area contributed by atoms with Gasteiger partial charge < -0.3 is 10.1 Å². The van der Waals surface area contributed by atoms with Crippen molar-refractivity contribution >= 4 is 17.5 Å². The van der Waals surface area contributed by atoms with Crippen molar-refractivity contribution in [3.63, 3.8) is 0 Å². The molecule has 1 aliphatic heterocycles. The molecule has 1 saturated heterocycles. The third kappa shape index (κ3) is 2.40. The van der Waals surface area contributed by atoms with E-state index in [2.05, 4.69) is 15.7 Å². The Kier molecular flexibility index (Phi) is 4.57. The number of carbonyl (C=O) groups is 3. The number of nitrogens with one attached hydrogen (secondary N) is 2. The highest BCUT2D eigenvalue weighted by molar-refractivity contribution is 6.55. The second-order valence-corrected chi connectivity index (χ2v) is 7.44. The number of hydrazine groups is 1. The van der Waals surface area contributed by atoms with E-state index < -0.39 is 28.5 Å². The smallest absolute Gasteiger partial charge is 0.322 e. The molecule has 8 heteroatoms. The second-order valence-electron chi connectivity index (χ2n) is 7.44. The summed E-state index contributed by atoms with van der Waals surface area (Å²) in [5.41, 5.74) is 1.50. The Morgan fingerprint density at radius 3 is 2.63 bits per heavy atom. The van der Waals surface area contributed by atoms with Crippen LogP contribution in [0.1, 0.15) is 30.7 Å². The third-order valence-electron chi connectivity index (χ3n) is 6.29. The van der Waals surface area contributed by atoms with E-state index in [0.717, 1.165) is 18.7 Å². The van der Waals surface area contributed by atoms with E-state index in [4.69, 9.17) is 4.74 Å². The van der Waals surface area contributed by atoms with Crippen molar-refractivity contribution in [1.82, 2.24) is 20.7 Å². The number of Topliss-reactive ketones (excluding diaryl/α,β-unsaturated/α-hetero) is 2. The van der Waals surface area contributed by atoms with Crippen LogP contribution in [0.5, 0.6) is 0 Å². The zero-order chi connectivity index (χ0) is 19.1. The monoisotopic (exact) mass is 372 g/mol. The molecule has 2 saturated carbocycles. The molecule has 27 heavy (non-hydrogen) atoms. The third-order valence-corrected chi connectivity index (χ3v) is 6.29. The number of ketones is 2. The predicted molar refractivity (Wildman–Crippen MR) is 95.6 cm³/mol. The largest absolute Gasteiger partial charge is 0.468 e. The molecule has 1 aromatic heterocycles. The van der Waals surface area contributed by atoms with Crippen LogP contribution in [0.4, 0.5) is 0 Å². The van der Waals surface area contributed by atoms with Gasteiger partial charge in [-0.2, -0.15) is 0 Å². The SMILES string of the molecule is COC(=O)C12CCCC(c3ccncc3)C1(NN1CCNCC1)C(=O)C2=O. The standard InChI is InChI=1S/C19H24N4O4/c1-27-17(26)18-6-2-3-14(13-4-7-20-8-5-13)19(18,16(25)15(18)24)22-23-11-9-21-10-12-23/h4-5,7-8,14,21-22H,2-3,6,9-12H2,1H3. The van der Waals surface area contributed by atoms with Crippen molar-refractivity contribution in [3.8, 4) is 0 Å². The van der Waals surface area contributed by atoms with Crippen LogP contribution < -0.4 is 10.7 Å². The number of aromatic nitrogens is 1. The first-order valence-electron chi connectivity index (χ1n) is 9.39. The molecule has 4 rings (SSSR count). The number of methoxy groups -OCH3 is 1. The molecule has 3 atom stereocenters. The van der Waals surface area contributed by atoms with Gasteiger partial charge in [0.1, 0.15) is 5.54 Å². The van der Waals surface area contributed by atoms with Crippen molar-refractivity contribution in [2.45, 2.75) is 30.7 Å². The molecule has 3 fully saturated rings. The Balaban J connectivity index is 1.83. The van der Waals surface area contributed by atoms with Crippen molar-refractivity contribution in [1.29, 1.82) is 0 Å². The lowest BCUT2D eigenvalue weighted by Gasteiger charge is -2.61. The molecule has 2 N–H and O–H groups in total. The summed E-state index contributed by atoms with van der Waals surface area (Å²) in [6.45, 7) is 2.92. The normalized spacial score (nSPS) is 33.9. The molecule has 2 heterocycles. The molecule has 144 valence electrons. The van der Waals surface area contributed by atoms with E-state index in [1.54, 1.807) is 12.4 Å². The minimum Gasteiger partial charge on any atom is -0.468 e. The summed E-state index contributed by atoms with van der Waals surface area (Å²) in [7, 11) is 1.28. The lowest BCUT2D eigenvalue weighted by Crippen LogP contribution is -2.86. The molecule has 0 spiro atoms. The number of pyridine rings is 1. The van der Waals surface area contributed by atoms with Gasteiger partial charge in [0.25, 0.3) is 0 Å². The lowest BCUT2D eigenvalue weighted by atomic mass is 9.43. The van der Waals surface area contributed by atoms with Gasteiger partial charge in [-0.05, 0) is 30.5 Å². The van der Waals surface area contributed by atoms with Gasteiger partial charge in [-0.25, -0.2) is 10.4 Å². The fourth-order valence-corrected chi connectivity index (χ4v) is 5.03. The maximum atomic E-state index is 13.1. The zero-order valence-electron chi connectivity index (χ0n) is 15.4. The summed E-state index contributed by atoms with van der Waals surface area (Å²) in [5, 5.41) is 5.22. The van der Waals surface area contributed by atoms with Crippen LogP contribution in [-0.4, -0.2) is 66.4 Å². The Morgan fingerprint density at radius 2 is 1.96 bits per heavy atom. The van der Waals surface area contributed by atoms with Gasteiger partial charge in [-0.3, -0.25) is 19.4 Å². The highest BCUT2D eigenvalue weighted by Gasteiger charge is 2.81. The number of piperazine rings is 1. The Hall–Kier alpha value is -2.16. The molecule has 2 aliphatic carbocycles. The molecule has 8 nitrogen and oxygen atoms in total. The first-order valence-corrected chi connectivity index (χ1v) is 9.39. The van der Waals surface area contributed by atoms with Crippen molar-refractivity contribution in [3.05, 3.63) is 30.1 Å². The number of ether oxygens (including phenoxy) is 1. The van der Waals surface area contributed by atoms with Crippen LogP contribution >= 0.6 is 0 Å². The molecular formula is C19H24N4O4. The van der Waals surface area contributed by atoms with E-state index >= 15 is 0 Å². The first kappa shape index (κ1) is 18.2. The second kappa shape index (κ2) is 6.78. The lowest BCUT2D eigenvalue weighted by molar-refractivity contribution is -0.193. The van der Waals surface area contributed by atoms with Crippen molar-refractivity contribution < 1.29 is 19.1 Å². The number of fused-ring (bicyclic) bond motifs is 1. The summed E-state index contributed by atoms with van der Waals surface area (Å²) in [4.78, 5) is 42.8. The van der Waals surface area contributed by atoms with E-state index in [-0.39, 0.29) is 5.92 Å². The maximum absolute atomic E-state index is 13.1. The van der Waals surface area contributed by atoms with Gasteiger partial charge in [-0.1, -0.05) is 6.42 Å². The molecule has 1 aromatic rings. The Labute approximate surface area is 157 Å². The Morgan fingerprint density at radius 1 is 1.26 bits per heavy atom. The average molecular weight is 372 g/mol. The number of nitrogens with zero attached hydrogens (tertiary/aromatic N) is 2. The molecule has 0 bridgehead atoms. The topological polar surface area (TPSA) is 101 Å². The summed E-state index contributed by atoms with van der Waals surface area (Å²) in [6, 6.07) is 3.71. The average Bonchev–Trinajstić information content (AvgIpc) is 2.73. The van der Waals surface area contributed by atoms with Crippen LogP contribution in [0.3, 0.4) is 0 Å². The quantitative estimate of drug-likeness (QED) is 0.426. The van der Waals surface area contributed by atoms with E-state index in [1.165, 1.54) is 7.11 Å². The summed E-state index contributed by atoms with van der Waals surface area (Å²) >= 11 is 0. The maximum Gasteiger partial charge on any atom is 0.322 e. The molecule has 0 radical (unpaired) electrons. The van der Waals surface area contributed by atoms with E-state index in [0.29, 0.717) is 32.4 Å².